The number of benzene rings is 1. The fourth-order valence-corrected chi connectivity index (χ4v) is 2.86. The highest BCUT2D eigenvalue weighted by atomic mass is 16.6. The average molecular weight is 277 g/mol. The van der Waals surface area contributed by atoms with E-state index in [9.17, 15) is 0 Å². The molecule has 0 atom stereocenters. The smallest absolute Gasteiger partial charge is 0.165 e. The largest absolute Gasteiger partial charge is 0.488 e. The number of nitrogen functional groups attached to an aromatic ring is 1. The molecule has 0 radical (unpaired) electrons. The molecule has 3 rings (SSSR count). The molecular weight excluding hydrogens is 254 g/mol. The van der Waals surface area contributed by atoms with Gasteiger partial charge >= 0.3 is 0 Å². The zero-order valence-corrected chi connectivity index (χ0v) is 12.3. The third kappa shape index (κ3) is 2.79. The topological polar surface area (TPSA) is 53.7 Å². The van der Waals surface area contributed by atoms with Crippen molar-refractivity contribution in [3.05, 3.63) is 12.1 Å². The van der Waals surface area contributed by atoms with Gasteiger partial charge in [-0.3, -0.25) is 0 Å². The molecule has 2 aliphatic rings. The minimum Gasteiger partial charge on any atom is -0.488 e. The summed E-state index contributed by atoms with van der Waals surface area (Å²) in [7, 11) is 0. The predicted octanol–water partition coefficient (Wildman–Crippen LogP) is 3.39. The molecule has 0 unspecified atom stereocenters. The minimum absolute atomic E-state index is 0.257. The molecule has 4 nitrogen and oxygen atoms in total. The summed E-state index contributed by atoms with van der Waals surface area (Å²) in [6, 6.07) is 3.67. The maximum Gasteiger partial charge on any atom is 0.165 e. The summed E-state index contributed by atoms with van der Waals surface area (Å²) in [6.45, 7) is 5.79. The molecule has 0 aromatic heterocycles. The molecule has 1 heterocycles. The van der Waals surface area contributed by atoms with E-state index in [4.69, 9.17) is 19.9 Å². The van der Waals surface area contributed by atoms with Crippen LogP contribution >= 0.6 is 0 Å². The van der Waals surface area contributed by atoms with Crippen LogP contribution in [0.1, 0.15) is 39.5 Å². The highest BCUT2D eigenvalue weighted by molar-refractivity contribution is 5.62. The Morgan fingerprint density at radius 1 is 1.10 bits per heavy atom. The van der Waals surface area contributed by atoms with Gasteiger partial charge in [0, 0.05) is 12.1 Å². The van der Waals surface area contributed by atoms with Crippen LogP contribution in [0.25, 0.3) is 0 Å². The number of ether oxygens (including phenoxy) is 3. The second-order valence-corrected chi connectivity index (χ2v) is 6.52. The van der Waals surface area contributed by atoms with Gasteiger partial charge in [0.05, 0.1) is 11.8 Å². The minimum atomic E-state index is 0.257. The van der Waals surface area contributed by atoms with Crippen molar-refractivity contribution in [2.45, 2.75) is 45.6 Å². The molecule has 1 saturated carbocycles. The summed E-state index contributed by atoms with van der Waals surface area (Å²) in [5.74, 6) is 2.17. The first-order chi connectivity index (χ1) is 9.53. The fourth-order valence-electron chi connectivity index (χ4n) is 2.86. The number of hydrogen-bond donors (Lipinski definition) is 1. The molecule has 1 aliphatic heterocycles. The van der Waals surface area contributed by atoms with Gasteiger partial charge in [0.15, 0.2) is 11.5 Å². The molecule has 0 amide bonds. The molecule has 1 aliphatic carbocycles. The Balaban J connectivity index is 1.71. The third-order valence-corrected chi connectivity index (χ3v) is 4.25. The van der Waals surface area contributed by atoms with Gasteiger partial charge in [0.25, 0.3) is 0 Å². The lowest BCUT2D eigenvalue weighted by Gasteiger charge is -2.34. The maximum absolute atomic E-state index is 6.08. The van der Waals surface area contributed by atoms with Crippen LogP contribution < -0.4 is 19.9 Å². The molecule has 1 aromatic carbocycles. The fraction of sp³-hybridized carbons (Fsp3) is 0.625. The molecule has 2 N–H and O–H groups in total. The molecule has 110 valence electrons. The summed E-state index contributed by atoms with van der Waals surface area (Å²) >= 11 is 0. The molecule has 0 spiro atoms. The van der Waals surface area contributed by atoms with Crippen molar-refractivity contribution < 1.29 is 14.2 Å². The molecule has 4 heteroatoms. The van der Waals surface area contributed by atoms with E-state index in [1.807, 2.05) is 6.07 Å². The SMILES string of the molecule is CC1(C)CCC(Oc2cc3c(cc2N)OCCO3)CC1. The van der Waals surface area contributed by atoms with Crippen LogP contribution in [0.5, 0.6) is 17.2 Å². The van der Waals surface area contributed by atoms with Crippen molar-refractivity contribution >= 4 is 5.69 Å². The number of hydrogen-bond acceptors (Lipinski definition) is 4. The Morgan fingerprint density at radius 3 is 2.35 bits per heavy atom. The molecular formula is C16H23NO3. The molecule has 0 bridgehead atoms. The van der Waals surface area contributed by atoms with Gasteiger partial charge in [-0.05, 0) is 31.1 Å². The molecule has 20 heavy (non-hydrogen) atoms. The third-order valence-electron chi connectivity index (χ3n) is 4.25. The van der Waals surface area contributed by atoms with E-state index < -0.39 is 0 Å². The van der Waals surface area contributed by atoms with Crippen LogP contribution in [-0.2, 0) is 0 Å². The Morgan fingerprint density at radius 2 is 1.70 bits per heavy atom. The normalized spacial score (nSPS) is 21.5. The Bertz CT molecular complexity index is 489. The summed E-state index contributed by atoms with van der Waals surface area (Å²) in [5, 5.41) is 0. The van der Waals surface area contributed by atoms with Gasteiger partial charge in [-0.2, -0.15) is 0 Å². The van der Waals surface area contributed by atoms with Gasteiger partial charge in [0.2, 0.25) is 0 Å². The van der Waals surface area contributed by atoms with Gasteiger partial charge in [-0.15, -0.1) is 0 Å². The second kappa shape index (κ2) is 5.08. The van der Waals surface area contributed by atoms with Crippen LogP contribution in [0.3, 0.4) is 0 Å². The first-order valence-corrected chi connectivity index (χ1v) is 7.39. The van der Waals surface area contributed by atoms with Crippen LogP contribution in [0, 0.1) is 5.41 Å². The summed E-state index contributed by atoms with van der Waals surface area (Å²) in [4.78, 5) is 0. The van der Waals surface area contributed by atoms with Gasteiger partial charge < -0.3 is 19.9 Å². The monoisotopic (exact) mass is 277 g/mol. The Labute approximate surface area is 120 Å². The molecule has 1 fully saturated rings. The van der Waals surface area contributed by atoms with E-state index in [2.05, 4.69) is 13.8 Å². The lowest BCUT2D eigenvalue weighted by atomic mass is 9.76. The molecule has 0 saturated heterocycles. The number of fused-ring (bicyclic) bond motifs is 1. The van der Waals surface area contributed by atoms with E-state index in [-0.39, 0.29) is 6.10 Å². The van der Waals surface area contributed by atoms with Gasteiger partial charge in [-0.1, -0.05) is 13.8 Å². The Hall–Kier alpha value is -1.58. The number of rotatable bonds is 2. The van der Waals surface area contributed by atoms with Gasteiger partial charge in [-0.25, -0.2) is 0 Å². The maximum atomic E-state index is 6.08. The first-order valence-electron chi connectivity index (χ1n) is 7.39. The van der Waals surface area contributed by atoms with Crippen molar-refractivity contribution in [2.24, 2.45) is 5.41 Å². The van der Waals surface area contributed by atoms with Crippen molar-refractivity contribution in [3.63, 3.8) is 0 Å². The highest BCUT2D eigenvalue weighted by Gasteiger charge is 2.28. The van der Waals surface area contributed by atoms with E-state index in [1.165, 1.54) is 12.8 Å². The zero-order valence-electron chi connectivity index (χ0n) is 12.3. The zero-order chi connectivity index (χ0) is 14.2. The van der Waals surface area contributed by atoms with Gasteiger partial charge in [0.1, 0.15) is 19.0 Å². The first kappa shape index (κ1) is 13.4. The summed E-state index contributed by atoms with van der Waals surface area (Å²) < 4.78 is 17.2. The lowest BCUT2D eigenvalue weighted by Crippen LogP contribution is -2.28. The lowest BCUT2D eigenvalue weighted by molar-refractivity contribution is 0.0984. The van der Waals surface area contributed by atoms with Crippen molar-refractivity contribution in [1.82, 2.24) is 0 Å². The predicted molar refractivity (Wildman–Crippen MR) is 78.5 cm³/mol. The van der Waals surface area contributed by atoms with E-state index in [0.717, 1.165) is 24.3 Å². The van der Waals surface area contributed by atoms with Crippen molar-refractivity contribution in [3.8, 4) is 17.2 Å². The van der Waals surface area contributed by atoms with Crippen LogP contribution in [-0.4, -0.2) is 19.3 Å². The highest BCUT2D eigenvalue weighted by Crippen LogP contribution is 2.41. The quantitative estimate of drug-likeness (QED) is 0.842. The van der Waals surface area contributed by atoms with Crippen LogP contribution in [0.4, 0.5) is 5.69 Å². The van der Waals surface area contributed by atoms with Crippen molar-refractivity contribution in [2.75, 3.05) is 18.9 Å². The number of anilines is 1. The second-order valence-electron chi connectivity index (χ2n) is 6.52. The average Bonchev–Trinajstić information content (AvgIpc) is 2.42. The number of nitrogens with two attached hydrogens (primary N) is 1. The Kier molecular flexibility index (Phi) is 3.40. The van der Waals surface area contributed by atoms with Crippen LogP contribution in [0.2, 0.25) is 0 Å². The van der Waals surface area contributed by atoms with E-state index >= 15 is 0 Å². The van der Waals surface area contributed by atoms with Crippen molar-refractivity contribution in [1.29, 1.82) is 0 Å². The molecule has 1 aromatic rings. The summed E-state index contributed by atoms with van der Waals surface area (Å²) in [6.07, 6.45) is 4.82. The standard InChI is InChI=1S/C16H23NO3/c1-16(2)5-3-11(4-6-16)20-13-10-15-14(9-12(13)17)18-7-8-19-15/h9-11H,3-8,17H2,1-2H3. The van der Waals surface area contributed by atoms with E-state index in [0.29, 0.717) is 30.1 Å². The van der Waals surface area contributed by atoms with E-state index in [1.54, 1.807) is 6.07 Å². The summed E-state index contributed by atoms with van der Waals surface area (Å²) in [5.41, 5.74) is 7.12. The van der Waals surface area contributed by atoms with Crippen LogP contribution in [0.15, 0.2) is 12.1 Å².